The third kappa shape index (κ3) is 8.91. The first-order valence-electron chi connectivity index (χ1n) is 10.4. The van der Waals surface area contributed by atoms with Gasteiger partial charge in [0.05, 0.1) is 19.5 Å². The van der Waals surface area contributed by atoms with E-state index in [2.05, 4.69) is 15.5 Å². The van der Waals surface area contributed by atoms with E-state index < -0.39 is 0 Å². The number of hydrogen-bond donors (Lipinski definition) is 2. The molecule has 3 heterocycles. The van der Waals surface area contributed by atoms with E-state index in [1.165, 1.54) is 0 Å². The number of furan rings is 1. The van der Waals surface area contributed by atoms with Gasteiger partial charge in [-0.3, -0.25) is 14.7 Å². The molecule has 0 radical (unpaired) electrons. The van der Waals surface area contributed by atoms with Crippen molar-refractivity contribution >= 4 is 35.8 Å². The third-order valence-corrected chi connectivity index (χ3v) is 5.10. The Morgan fingerprint density at radius 2 is 1.97 bits per heavy atom. The van der Waals surface area contributed by atoms with Crippen LogP contribution in [0, 0.1) is 0 Å². The van der Waals surface area contributed by atoms with Gasteiger partial charge in [0, 0.05) is 65.2 Å². The minimum Gasteiger partial charge on any atom is -0.469 e. The average molecular weight is 519 g/mol. The number of morpholine rings is 1. The molecule has 2 aliphatic rings. The fourth-order valence-corrected chi connectivity index (χ4v) is 3.48. The van der Waals surface area contributed by atoms with Gasteiger partial charge in [0.1, 0.15) is 5.76 Å². The molecular formula is C20H34IN5O3. The molecule has 0 aromatic carbocycles. The summed E-state index contributed by atoms with van der Waals surface area (Å²) in [7, 11) is 0. The summed E-state index contributed by atoms with van der Waals surface area (Å²) in [5.41, 5.74) is 0. The maximum atomic E-state index is 11.7. The number of aliphatic imine (C=N–C) groups is 1. The zero-order valence-corrected chi connectivity index (χ0v) is 19.4. The monoisotopic (exact) mass is 519 g/mol. The number of rotatable bonds is 10. The van der Waals surface area contributed by atoms with E-state index in [9.17, 15) is 4.79 Å². The number of carbonyl (C=O) groups excluding carboxylic acids is 1. The van der Waals surface area contributed by atoms with Crippen molar-refractivity contribution in [2.45, 2.75) is 25.7 Å². The molecule has 0 aliphatic carbocycles. The number of likely N-dealkylation sites (tertiary alicyclic amines) is 1. The molecule has 9 heteroatoms. The Morgan fingerprint density at radius 3 is 2.69 bits per heavy atom. The highest BCUT2D eigenvalue weighted by Gasteiger charge is 2.18. The first kappa shape index (κ1) is 23.9. The number of ether oxygens (including phenoxy) is 1. The zero-order valence-electron chi connectivity index (χ0n) is 17.1. The summed E-state index contributed by atoms with van der Waals surface area (Å²) in [6, 6.07) is 3.89. The van der Waals surface area contributed by atoms with Crippen LogP contribution < -0.4 is 10.6 Å². The van der Waals surface area contributed by atoms with Crippen LogP contribution in [-0.2, 0) is 16.0 Å². The Balaban J connectivity index is 0.00000300. The second kappa shape index (κ2) is 13.8. The van der Waals surface area contributed by atoms with Gasteiger partial charge in [0.25, 0.3) is 0 Å². The third-order valence-electron chi connectivity index (χ3n) is 5.10. The van der Waals surface area contributed by atoms with Crippen LogP contribution in [0.1, 0.15) is 25.0 Å². The predicted octanol–water partition coefficient (Wildman–Crippen LogP) is 1.32. The molecule has 2 aliphatic heterocycles. The summed E-state index contributed by atoms with van der Waals surface area (Å²) in [6.45, 7) is 8.61. The summed E-state index contributed by atoms with van der Waals surface area (Å²) in [6.07, 6.45) is 5.10. The van der Waals surface area contributed by atoms with Crippen LogP contribution in [0.5, 0.6) is 0 Å². The van der Waals surface area contributed by atoms with E-state index in [1.54, 1.807) is 6.26 Å². The van der Waals surface area contributed by atoms with Crippen LogP contribution >= 0.6 is 24.0 Å². The van der Waals surface area contributed by atoms with E-state index in [-0.39, 0.29) is 29.9 Å². The molecule has 8 nitrogen and oxygen atoms in total. The Labute approximate surface area is 190 Å². The van der Waals surface area contributed by atoms with Crippen molar-refractivity contribution in [3.8, 4) is 0 Å². The van der Waals surface area contributed by atoms with E-state index in [4.69, 9.17) is 14.1 Å². The number of nitrogens with one attached hydrogen (secondary N) is 2. The molecule has 2 fully saturated rings. The number of guanidine groups is 1. The van der Waals surface area contributed by atoms with Crippen LogP contribution in [0.25, 0.3) is 0 Å². The molecule has 1 aromatic heterocycles. The molecule has 0 bridgehead atoms. The van der Waals surface area contributed by atoms with E-state index in [1.807, 2.05) is 17.0 Å². The lowest BCUT2D eigenvalue weighted by atomic mass is 10.3. The minimum absolute atomic E-state index is 0. The molecule has 2 N–H and O–H groups in total. The van der Waals surface area contributed by atoms with E-state index in [0.29, 0.717) is 13.0 Å². The topological polar surface area (TPSA) is 82.3 Å². The SMILES string of the molecule is I.O=C1CCCN1CCCN=C(NCCc1ccco1)NCCN1CCOCC1. The lowest BCUT2D eigenvalue weighted by Gasteiger charge is -2.26. The van der Waals surface area contributed by atoms with Crippen molar-refractivity contribution in [3.63, 3.8) is 0 Å². The highest BCUT2D eigenvalue weighted by Crippen LogP contribution is 2.09. The zero-order chi connectivity index (χ0) is 19.4. The van der Waals surface area contributed by atoms with Crippen LogP contribution in [0.4, 0.5) is 0 Å². The van der Waals surface area contributed by atoms with Crippen molar-refractivity contribution in [2.75, 3.05) is 65.6 Å². The lowest BCUT2D eigenvalue weighted by Crippen LogP contribution is -2.45. The van der Waals surface area contributed by atoms with Gasteiger partial charge in [-0.2, -0.15) is 0 Å². The Kier molecular flexibility index (Phi) is 11.4. The van der Waals surface area contributed by atoms with Gasteiger partial charge in [-0.25, -0.2) is 0 Å². The first-order chi connectivity index (χ1) is 13.8. The maximum absolute atomic E-state index is 11.7. The molecule has 0 saturated carbocycles. The van der Waals surface area contributed by atoms with Crippen LogP contribution in [-0.4, -0.2) is 87.2 Å². The Bertz CT molecular complexity index is 605. The van der Waals surface area contributed by atoms with Crippen molar-refractivity contribution in [2.24, 2.45) is 4.99 Å². The highest BCUT2D eigenvalue weighted by atomic mass is 127. The largest absolute Gasteiger partial charge is 0.469 e. The molecule has 29 heavy (non-hydrogen) atoms. The number of nitrogens with zero attached hydrogens (tertiary/aromatic N) is 3. The summed E-state index contributed by atoms with van der Waals surface area (Å²) < 4.78 is 10.8. The van der Waals surface area contributed by atoms with Crippen molar-refractivity contribution in [1.82, 2.24) is 20.4 Å². The number of halogens is 1. The average Bonchev–Trinajstić information content (AvgIpc) is 3.37. The molecule has 164 valence electrons. The summed E-state index contributed by atoms with van der Waals surface area (Å²) in [5, 5.41) is 6.82. The van der Waals surface area contributed by atoms with Crippen molar-refractivity contribution < 1.29 is 13.9 Å². The van der Waals surface area contributed by atoms with Gasteiger partial charge < -0.3 is 24.7 Å². The molecule has 1 amide bonds. The van der Waals surface area contributed by atoms with Gasteiger partial charge in [-0.05, 0) is 25.0 Å². The Hall–Kier alpha value is -1.33. The molecule has 2 saturated heterocycles. The van der Waals surface area contributed by atoms with Gasteiger partial charge in [-0.15, -0.1) is 24.0 Å². The standard InChI is InChI=1S/C20H33N5O3.HI/c26-19-5-1-10-25(19)11-3-7-21-20(22-8-6-18-4-2-15-28-18)23-9-12-24-13-16-27-17-14-24;/h2,4,15H,1,3,5-14,16-17H2,(H2,21,22,23);1H. The predicted molar refractivity (Wildman–Crippen MR) is 124 cm³/mol. The minimum atomic E-state index is 0. The summed E-state index contributed by atoms with van der Waals surface area (Å²) in [5.74, 6) is 2.07. The normalized spacial score (nSPS) is 18.0. The summed E-state index contributed by atoms with van der Waals surface area (Å²) >= 11 is 0. The fourth-order valence-electron chi connectivity index (χ4n) is 3.48. The van der Waals surface area contributed by atoms with Gasteiger partial charge >= 0.3 is 0 Å². The Morgan fingerprint density at radius 1 is 1.14 bits per heavy atom. The van der Waals surface area contributed by atoms with Crippen LogP contribution in [0.15, 0.2) is 27.8 Å². The van der Waals surface area contributed by atoms with Gasteiger partial charge in [-0.1, -0.05) is 0 Å². The van der Waals surface area contributed by atoms with Crippen LogP contribution in [0.2, 0.25) is 0 Å². The molecule has 0 atom stereocenters. The van der Waals surface area contributed by atoms with Gasteiger partial charge in [0.2, 0.25) is 5.91 Å². The van der Waals surface area contributed by atoms with E-state index in [0.717, 1.165) is 90.0 Å². The summed E-state index contributed by atoms with van der Waals surface area (Å²) in [4.78, 5) is 20.7. The van der Waals surface area contributed by atoms with Crippen molar-refractivity contribution in [3.05, 3.63) is 24.2 Å². The van der Waals surface area contributed by atoms with Gasteiger partial charge in [0.15, 0.2) is 5.96 Å². The smallest absolute Gasteiger partial charge is 0.222 e. The molecule has 1 aromatic rings. The lowest BCUT2D eigenvalue weighted by molar-refractivity contribution is -0.127. The number of amides is 1. The molecule has 0 unspecified atom stereocenters. The van der Waals surface area contributed by atoms with Crippen LogP contribution in [0.3, 0.4) is 0 Å². The fraction of sp³-hybridized carbons (Fsp3) is 0.700. The first-order valence-corrected chi connectivity index (χ1v) is 10.4. The highest BCUT2D eigenvalue weighted by molar-refractivity contribution is 14.0. The number of hydrogen-bond acceptors (Lipinski definition) is 5. The molecular weight excluding hydrogens is 485 g/mol. The van der Waals surface area contributed by atoms with Crippen molar-refractivity contribution in [1.29, 1.82) is 0 Å². The number of carbonyl (C=O) groups is 1. The second-order valence-corrected chi connectivity index (χ2v) is 7.21. The van der Waals surface area contributed by atoms with E-state index >= 15 is 0 Å². The maximum Gasteiger partial charge on any atom is 0.222 e. The quantitative estimate of drug-likeness (QED) is 0.210. The molecule has 0 spiro atoms. The second-order valence-electron chi connectivity index (χ2n) is 7.21. The molecule has 3 rings (SSSR count).